The maximum atomic E-state index is 6.25. The van der Waals surface area contributed by atoms with E-state index in [9.17, 15) is 0 Å². The summed E-state index contributed by atoms with van der Waals surface area (Å²) in [5, 5.41) is 4.16. The molecule has 0 spiro atoms. The topological polar surface area (TPSA) is 39.7 Å². The van der Waals surface area contributed by atoms with E-state index in [0.717, 1.165) is 42.2 Å². The fourth-order valence-electron chi connectivity index (χ4n) is 2.64. The fourth-order valence-corrected chi connectivity index (χ4v) is 2.83. The van der Waals surface area contributed by atoms with Gasteiger partial charge in [-0.15, -0.1) is 0 Å². The number of nitrogens with one attached hydrogen (secondary N) is 1. The highest BCUT2D eigenvalue weighted by Gasteiger charge is 2.12. The summed E-state index contributed by atoms with van der Waals surface area (Å²) in [4.78, 5) is 0. The summed E-state index contributed by atoms with van der Waals surface area (Å²) in [6.45, 7) is 9.42. The first-order valence-electron chi connectivity index (χ1n) is 9.55. The first kappa shape index (κ1) is 21.5. The second kappa shape index (κ2) is 11.9. The van der Waals surface area contributed by atoms with Gasteiger partial charge in [0.1, 0.15) is 6.61 Å². The van der Waals surface area contributed by atoms with Crippen LogP contribution in [0.2, 0.25) is 5.02 Å². The third-order valence-electron chi connectivity index (χ3n) is 3.95. The molecule has 0 aliphatic heterocycles. The summed E-state index contributed by atoms with van der Waals surface area (Å²) in [7, 11) is 0. The maximum absolute atomic E-state index is 6.25. The molecule has 0 amide bonds. The van der Waals surface area contributed by atoms with E-state index in [1.165, 1.54) is 0 Å². The van der Waals surface area contributed by atoms with E-state index in [-0.39, 0.29) is 6.10 Å². The maximum Gasteiger partial charge on any atom is 0.166 e. The summed E-state index contributed by atoms with van der Waals surface area (Å²) in [6, 6.07) is 13.7. The minimum Gasteiger partial charge on any atom is -0.490 e. The summed E-state index contributed by atoms with van der Waals surface area (Å²) in [5.74, 6) is 1.53. The molecular formula is C22H30ClNO3. The average Bonchev–Trinajstić information content (AvgIpc) is 2.65. The number of rotatable bonds is 12. The first-order valence-corrected chi connectivity index (χ1v) is 9.92. The van der Waals surface area contributed by atoms with Crippen molar-refractivity contribution in [2.75, 3.05) is 19.8 Å². The van der Waals surface area contributed by atoms with E-state index in [1.807, 2.05) is 43.3 Å². The summed E-state index contributed by atoms with van der Waals surface area (Å²) < 4.78 is 17.5. The molecule has 0 aliphatic carbocycles. The van der Waals surface area contributed by atoms with E-state index in [2.05, 4.69) is 25.2 Å². The molecule has 2 rings (SSSR count). The molecule has 0 aliphatic rings. The number of benzene rings is 2. The van der Waals surface area contributed by atoms with E-state index < -0.39 is 0 Å². The normalized spacial score (nSPS) is 11.0. The van der Waals surface area contributed by atoms with Crippen LogP contribution >= 0.6 is 11.6 Å². The van der Waals surface area contributed by atoms with Crippen molar-refractivity contribution in [1.29, 1.82) is 0 Å². The highest BCUT2D eigenvalue weighted by molar-refractivity contribution is 6.31. The van der Waals surface area contributed by atoms with Gasteiger partial charge < -0.3 is 19.5 Å². The van der Waals surface area contributed by atoms with Crippen molar-refractivity contribution in [3.63, 3.8) is 0 Å². The van der Waals surface area contributed by atoms with Gasteiger partial charge in [0.25, 0.3) is 0 Å². The van der Waals surface area contributed by atoms with Crippen molar-refractivity contribution < 1.29 is 14.2 Å². The van der Waals surface area contributed by atoms with Gasteiger partial charge in [0.05, 0.1) is 12.7 Å². The number of para-hydroxylation sites is 1. The molecule has 4 nitrogen and oxygen atoms in total. The monoisotopic (exact) mass is 391 g/mol. The van der Waals surface area contributed by atoms with Crippen molar-refractivity contribution in [3.05, 3.63) is 58.6 Å². The van der Waals surface area contributed by atoms with Crippen LogP contribution in [0.15, 0.2) is 42.5 Å². The van der Waals surface area contributed by atoms with Crippen molar-refractivity contribution in [3.8, 4) is 11.5 Å². The molecule has 0 saturated carbocycles. The van der Waals surface area contributed by atoms with Gasteiger partial charge >= 0.3 is 0 Å². The highest BCUT2D eigenvalue weighted by Crippen LogP contribution is 2.32. The zero-order chi connectivity index (χ0) is 19.5. The zero-order valence-corrected chi connectivity index (χ0v) is 17.2. The minimum atomic E-state index is 0.276. The van der Waals surface area contributed by atoms with E-state index in [1.54, 1.807) is 0 Å². The van der Waals surface area contributed by atoms with Crippen LogP contribution in [0, 0.1) is 0 Å². The molecule has 148 valence electrons. The fraction of sp³-hybridized carbons (Fsp3) is 0.455. The Kier molecular flexibility index (Phi) is 9.46. The van der Waals surface area contributed by atoms with Crippen LogP contribution in [-0.4, -0.2) is 25.9 Å². The Bertz CT molecular complexity index is 691. The van der Waals surface area contributed by atoms with Gasteiger partial charge in [-0.05, 0) is 45.9 Å². The molecule has 5 heteroatoms. The predicted molar refractivity (Wildman–Crippen MR) is 111 cm³/mol. The molecule has 0 radical (unpaired) electrons. The number of hydrogen-bond acceptors (Lipinski definition) is 4. The predicted octanol–water partition coefficient (Wildman–Crippen LogP) is 5.22. The first-order chi connectivity index (χ1) is 13.1. The molecule has 0 fully saturated rings. The van der Waals surface area contributed by atoms with Crippen molar-refractivity contribution >= 4 is 11.6 Å². The van der Waals surface area contributed by atoms with Gasteiger partial charge in [-0.3, -0.25) is 0 Å². The standard InChI is InChI=1S/C22H30ClNO3/c1-4-25-21-12-7-10-18(15-24-13-8-14-26-17(2)3)22(21)27-16-19-9-5-6-11-20(19)23/h5-7,9-12,17,24H,4,8,13-16H2,1-3H3. The summed E-state index contributed by atoms with van der Waals surface area (Å²) in [5.41, 5.74) is 2.02. The van der Waals surface area contributed by atoms with Crippen LogP contribution in [0.25, 0.3) is 0 Å². The van der Waals surface area contributed by atoms with Gasteiger partial charge in [-0.1, -0.05) is 41.9 Å². The van der Waals surface area contributed by atoms with Crippen molar-refractivity contribution in [2.24, 2.45) is 0 Å². The minimum absolute atomic E-state index is 0.276. The Morgan fingerprint density at radius 2 is 1.78 bits per heavy atom. The molecule has 0 bridgehead atoms. The van der Waals surface area contributed by atoms with E-state index in [0.29, 0.717) is 24.8 Å². The smallest absolute Gasteiger partial charge is 0.166 e. The SMILES string of the molecule is CCOc1cccc(CNCCCOC(C)C)c1OCc1ccccc1Cl. The molecule has 2 aromatic carbocycles. The van der Waals surface area contributed by atoms with Gasteiger partial charge in [0, 0.05) is 29.3 Å². The lowest BCUT2D eigenvalue weighted by Crippen LogP contribution is -2.18. The Balaban J connectivity index is 1.99. The largest absolute Gasteiger partial charge is 0.490 e. The van der Waals surface area contributed by atoms with Gasteiger partial charge in [-0.2, -0.15) is 0 Å². The quantitative estimate of drug-likeness (QED) is 0.503. The molecule has 0 heterocycles. The molecule has 1 N–H and O–H groups in total. The van der Waals surface area contributed by atoms with E-state index in [4.69, 9.17) is 25.8 Å². The number of ether oxygens (including phenoxy) is 3. The molecule has 0 aromatic heterocycles. The van der Waals surface area contributed by atoms with Crippen LogP contribution in [0.4, 0.5) is 0 Å². The molecule has 0 atom stereocenters. The summed E-state index contributed by atoms with van der Waals surface area (Å²) >= 11 is 6.25. The molecular weight excluding hydrogens is 362 g/mol. The van der Waals surface area contributed by atoms with Crippen LogP contribution in [0.1, 0.15) is 38.3 Å². The molecule has 0 unspecified atom stereocenters. The van der Waals surface area contributed by atoms with Crippen LogP contribution in [-0.2, 0) is 17.9 Å². The second-order valence-corrected chi connectivity index (χ2v) is 6.91. The molecule has 27 heavy (non-hydrogen) atoms. The Morgan fingerprint density at radius 1 is 1.00 bits per heavy atom. The Labute approximate surface area is 167 Å². The zero-order valence-electron chi connectivity index (χ0n) is 16.5. The third kappa shape index (κ3) is 7.41. The highest BCUT2D eigenvalue weighted by atomic mass is 35.5. The number of halogens is 1. The second-order valence-electron chi connectivity index (χ2n) is 6.51. The molecule has 0 saturated heterocycles. The van der Waals surface area contributed by atoms with Crippen molar-refractivity contribution in [1.82, 2.24) is 5.32 Å². The summed E-state index contributed by atoms with van der Waals surface area (Å²) in [6.07, 6.45) is 1.25. The van der Waals surface area contributed by atoms with Gasteiger partial charge in [-0.25, -0.2) is 0 Å². The van der Waals surface area contributed by atoms with E-state index >= 15 is 0 Å². The Morgan fingerprint density at radius 3 is 2.52 bits per heavy atom. The van der Waals surface area contributed by atoms with Gasteiger partial charge in [0.15, 0.2) is 11.5 Å². The van der Waals surface area contributed by atoms with Crippen LogP contribution in [0.5, 0.6) is 11.5 Å². The van der Waals surface area contributed by atoms with Crippen LogP contribution in [0.3, 0.4) is 0 Å². The Hall–Kier alpha value is -1.75. The van der Waals surface area contributed by atoms with Gasteiger partial charge in [0.2, 0.25) is 0 Å². The number of hydrogen-bond donors (Lipinski definition) is 1. The lowest BCUT2D eigenvalue weighted by molar-refractivity contribution is 0.0770. The van der Waals surface area contributed by atoms with Crippen LogP contribution < -0.4 is 14.8 Å². The third-order valence-corrected chi connectivity index (χ3v) is 4.32. The van der Waals surface area contributed by atoms with Crippen molar-refractivity contribution in [2.45, 2.75) is 46.4 Å². The molecule has 2 aromatic rings. The average molecular weight is 392 g/mol. The lowest BCUT2D eigenvalue weighted by Gasteiger charge is -2.17. The lowest BCUT2D eigenvalue weighted by atomic mass is 10.1.